The number of amides is 4. The van der Waals surface area contributed by atoms with Crippen LogP contribution in [-0.2, 0) is 16.1 Å². The Morgan fingerprint density at radius 3 is 2.57 bits per heavy atom. The molecule has 1 aromatic rings. The molecule has 8 nitrogen and oxygen atoms in total. The van der Waals surface area contributed by atoms with E-state index in [4.69, 9.17) is 9.47 Å². The van der Waals surface area contributed by atoms with Gasteiger partial charge >= 0.3 is 6.03 Å². The molecule has 0 radical (unpaired) electrons. The average molecular weight is 389 g/mol. The van der Waals surface area contributed by atoms with Crippen LogP contribution in [0.1, 0.15) is 44.1 Å². The lowest BCUT2D eigenvalue weighted by atomic mass is 10.1. The van der Waals surface area contributed by atoms with Gasteiger partial charge in [0.25, 0.3) is 5.91 Å². The first-order valence-electron chi connectivity index (χ1n) is 9.64. The van der Waals surface area contributed by atoms with Crippen molar-refractivity contribution in [3.05, 3.63) is 23.8 Å². The SMILES string of the molecule is COc1ccc(CN2C(=O)NC(CCC(=O)NC3CCCC3)C2=O)cc1OC. The van der Waals surface area contributed by atoms with Gasteiger partial charge in [0.15, 0.2) is 11.5 Å². The fourth-order valence-electron chi connectivity index (χ4n) is 3.73. The fourth-order valence-corrected chi connectivity index (χ4v) is 3.73. The number of hydrogen-bond acceptors (Lipinski definition) is 5. The van der Waals surface area contributed by atoms with E-state index in [1.54, 1.807) is 25.3 Å². The molecule has 1 saturated carbocycles. The molecule has 1 unspecified atom stereocenters. The second kappa shape index (κ2) is 8.95. The molecule has 28 heavy (non-hydrogen) atoms. The van der Waals surface area contributed by atoms with Gasteiger partial charge in [-0.25, -0.2) is 4.79 Å². The molecule has 0 bridgehead atoms. The van der Waals surface area contributed by atoms with Crippen LogP contribution in [0.3, 0.4) is 0 Å². The van der Waals surface area contributed by atoms with Crippen molar-refractivity contribution in [3.63, 3.8) is 0 Å². The Hall–Kier alpha value is -2.77. The topological polar surface area (TPSA) is 97.0 Å². The lowest BCUT2D eigenvalue weighted by molar-refractivity contribution is -0.128. The third-order valence-corrected chi connectivity index (χ3v) is 5.28. The zero-order chi connectivity index (χ0) is 20.1. The van der Waals surface area contributed by atoms with Gasteiger partial charge < -0.3 is 20.1 Å². The monoisotopic (exact) mass is 389 g/mol. The maximum absolute atomic E-state index is 12.6. The van der Waals surface area contributed by atoms with Crippen LogP contribution < -0.4 is 20.1 Å². The molecule has 1 atom stereocenters. The minimum absolute atomic E-state index is 0.0627. The predicted octanol–water partition coefficient (Wildman–Crippen LogP) is 1.96. The average Bonchev–Trinajstić information content (AvgIpc) is 3.29. The highest BCUT2D eigenvalue weighted by atomic mass is 16.5. The minimum atomic E-state index is -0.665. The first-order valence-corrected chi connectivity index (χ1v) is 9.64. The van der Waals surface area contributed by atoms with Gasteiger partial charge in [0.1, 0.15) is 6.04 Å². The Labute approximate surface area is 164 Å². The van der Waals surface area contributed by atoms with E-state index in [0.717, 1.165) is 31.2 Å². The van der Waals surface area contributed by atoms with Gasteiger partial charge in [-0.3, -0.25) is 14.5 Å². The standard InChI is InChI=1S/C20H27N3O5/c1-27-16-9-7-13(11-17(16)28-2)12-23-19(25)15(22-20(23)26)8-10-18(24)21-14-5-3-4-6-14/h7,9,11,14-15H,3-6,8,10,12H2,1-2H3,(H,21,24)(H,22,26). The Bertz CT molecular complexity index is 745. The number of benzene rings is 1. The van der Waals surface area contributed by atoms with Crippen molar-refractivity contribution in [2.75, 3.05) is 14.2 Å². The van der Waals surface area contributed by atoms with Gasteiger partial charge in [-0.15, -0.1) is 0 Å². The molecule has 1 saturated heterocycles. The first-order chi connectivity index (χ1) is 13.5. The quantitative estimate of drug-likeness (QED) is 0.663. The van der Waals surface area contributed by atoms with Gasteiger partial charge in [-0.2, -0.15) is 0 Å². The number of carbonyl (C=O) groups excluding carboxylic acids is 3. The number of imide groups is 1. The maximum atomic E-state index is 12.6. The predicted molar refractivity (Wildman–Crippen MR) is 102 cm³/mol. The van der Waals surface area contributed by atoms with Crippen LogP contribution in [0.2, 0.25) is 0 Å². The highest BCUT2D eigenvalue weighted by Gasteiger charge is 2.38. The van der Waals surface area contributed by atoms with Gasteiger partial charge in [0, 0.05) is 12.5 Å². The summed E-state index contributed by atoms with van der Waals surface area (Å²) >= 11 is 0. The van der Waals surface area contributed by atoms with Crippen LogP contribution in [0.25, 0.3) is 0 Å². The van der Waals surface area contributed by atoms with Gasteiger partial charge in [0.05, 0.1) is 20.8 Å². The van der Waals surface area contributed by atoms with Crippen LogP contribution in [0.15, 0.2) is 18.2 Å². The number of ether oxygens (including phenoxy) is 2. The van der Waals surface area contributed by atoms with Crippen molar-refractivity contribution in [1.29, 1.82) is 0 Å². The van der Waals surface area contributed by atoms with Crippen molar-refractivity contribution >= 4 is 17.8 Å². The maximum Gasteiger partial charge on any atom is 0.325 e. The number of urea groups is 1. The van der Waals surface area contributed by atoms with E-state index >= 15 is 0 Å². The molecule has 1 aliphatic carbocycles. The molecule has 8 heteroatoms. The first kappa shape index (κ1) is 20.0. The highest BCUT2D eigenvalue weighted by Crippen LogP contribution is 2.28. The van der Waals surface area contributed by atoms with E-state index in [0.29, 0.717) is 17.9 Å². The summed E-state index contributed by atoms with van der Waals surface area (Å²) in [4.78, 5) is 38.1. The molecule has 2 aliphatic rings. The summed E-state index contributed by atoms with van der Waals surface area (Å²) in [5, 5.41) is 5.68. The van der Waals surface area contributed by atoms with Gasteiger partial charge in [0.2, 0.25) is 5.91 Å². The summed E-state index contributed by atoms with van der Waals surface area (Å²) in [6.45, 7) is 0.135. The number of methoxy groups -OCH3 is 2. The second-order valence-corrected chi connectivity index (χ2v) is 7.20. The number of carbonyl (C=O) groups is 3. The number of rotatable bonds is 8. The summed E-state index contributed by atoms with van der Waals surface area (Å²) in [6.07, 6.45) is 4.84. The normalized spacial score (nSPS) is 19.6. The molecule has 4 amide bonds. The molecule has 3 rings (SSSR count). The Balaban J connectivity index is 1.55. The van der Waals surface area contributed by atoms with Crippen LogP contribution in [0.5, 0.6) is 11.5 Å². The van der Waals surface area contributed by atoms with E-state index in [9.17, 15) is 14.4 Å². The third-order valence-electron chi connectivity index (χ3n) is 5.28. The van der Waals surface area contributed by atoms with Gasteiger partial charge in [-0.05, 0) is 37.0 Å². The van der Waals surface area contributed by atoms with E-state index in [1.807, 2.05) is 0 Å². The van der Waals surface area contributed by atoms with Crippen LogP contribution in [-0.4, -0.2) is 49.0 Å². The van der Waals surface area contributed by atoms with E-state index in [1.165, 1.54) is 12.0 Å². The largest absolute Gasteiger partial charge is 0.493 e. The molecule has 2 N–H and O–H groups in total. The summed E-state index contributed by atoms with van der Waals surface area (Å²) in [6, 6.07) is 4.40. The molecule has 152 valence electrons. The van der Waals surface area contributed by atoms with Crippen LogP contribution in [0.4, 0.5) is 4.79 Å². The van der Waals surface area contributed by atoms with Crippen LogP contribution >= 0.6 is 0 Å². The molecule has 0 spiro atoms. The number of nitrogens with one attached hydrogen (secondary N) is 2. The van der Waals surface area contributed by atoms with Crippen molar-refractivity contribution < 1.29 is 23.9 Å². The molecule has 1 heterocycles. The summed E-state index contributed by atoms with van der Waals surface area (Å²) in [7, 11) is 3.07. The Kier molecular flexibility index (Phi) is 6.38. The number of hydrogen-bond donors (Lipinski definition) is 2. The number of nitrogens with zero attached hydrogens (tertiary/aromatic N) is 1. The molecular weight excluding hydrogens is 362 g/mol. The van der Waals surface area contributed by atoms with Gasteiger partial charge in [-0.1, -0.05) is 18.9 Å². The van der Waals surface area contributed by atoms with E-state index in [2.05, 4.69) is 10.6 Å². The molecular formula is C20H27N3O5. The molecule has 0 aromatic heterocycles. The zero-order valence-electron chi connectivity index (χ0n) is 16.3. The van der Waals surface area contributed by atoms with E-state index < -0.39 is 12.1 Å². The zero-order valence-corrected chi connectivity index (χ0v) is 16.3. The van der Waals surface area contributed by atoms with Crippen molar-refractivity contribution in [3.8, 4) is 11.5 Å². The van der Waals surface area contributed by atoms with Crippen LogP contribution in [0, 0.1) is 0 Å². The lowest BCUT2D eigenvalue weighted by Gasteiger charge is -2.15. The molecule has 2 fully saturated rings. The molecule has 1 aromatic carbocycles. The van der Waals surface area contributed by atoms with Crippen molar-refractivity contribution in [2.24, 2.45) is 0 Å². The second-order valence-electron chi connectivity index (χ2n) is 7.20. The fraction of sp³-hybridized carbons (Fsp3) is 0.550. The smallest absolute Gasteiger partial charge is 0.325 e. The Morgan fingerprint density at radius 1 is 1.18 bits per heavy atom. The highest BCUT2D eigenvalue weighted by molar-refractivity contribution is 6.04. The summed E-state index contributed by atoms with van der Waals surface area (Å²) in [5.74, 6) is 0.738. The van der Waals surface area contributed by atoms with Crippen molar-refractivity contribution in [1.82, 2.24) is 15.5 Å². The summed E-state index contributed by atoms with van der Waals surface area (Å²) in [5.41, 5.74) is 0.751. The van der Waals surface area contributed by atoms with Crippen molar-refractivity contribution in [2.45, 2.75) is 57.2 Å². The summed E-state index contributed by atoms with van der Waals surface area (Å²) < 4.78 is 10.5. The molecule has 1 aliphatic heterocycles. The lowest BCUT2D eigenvalue weighted by Crippen LogP contribution is -2.35. The van der Waals surface area contributed by atoms with E-state index in [-0.39, 0.29) is 30.8 Å². The minimum Gasteiger partial charge on any atom is -0.493 e. The Morgan fingerprint density at radius 2 is 1.89 bits per heavy atom. The third kappa shape index (κ3) is 4.55.